The zero-order valence-corrected chi connectivity index (χ0v) is 16.6. The standard InChI is InChI=1S/C20H24N2O5S/c1-26-19-9-8-17(28(24,25)22-11-13-27-14-12-22)15-18(19)21-20(23)10-7-16-5-3-2-4-6-16/h2-6,8-9,15H,7,10-14H2,1H3,(H,21,23). The average molecular weight is 404 g/mol. The number of benzene rings is 2. The van der Waals surface area contributed by atoms with Gasteiger partial charge in [0.1, 0.15) is 5.75 Å². The molecule has 28 heavy (non-hydrogen) atoms. The molecule has 8 heteroatoms. The van der Waals surface area contributed by atoms with Gasteiger partial charge < -0.3 is 14.8 Å². The van der Waals surface area contributed by atoms with Crippen molar-refractivity contribution in [3.05, 3.63) is 54.1 Å². The van der Waals surface area contributed by atoms with E-state index in [-0.39, 0.29) is 17.2 Å². The maximum atomic E-state index is 12.9. The Hall–Kier alpha value is -2.42. The quantitative estimate of drug-likeness (QED) is 0.765. The molecule has 1 N–H and O–H groups in total. The zero-order valence-electron chi connectivity index (χ0n) is 15.8. The average Bonchev–Trinajstić information content (AvgIpc) is 2.73. The molecule has 3 rings (SSSR count). The molecule has 0 aromatic heterocycles. The lowest BCUT2D eigenvalue weighted by Gasteiger charge is -2.26. The highest BCUT2D eigenvalue weighted by molar-refractivity contribution is 7.89. The molecule has 0 atom stereocenters. The summed E-state index contributed by atoms with van der Waals surface area (Å²) in [6.45, 7) is 1.37. The lowest BCUT2D eigenvalue weighted by Crippen LogP contribution is -2.40. The Morgan fingerprint density at radius 1 is 1.14 bits per heavy atom. The van der Waals surface area contributed by atoms with Crippen molar-refractivity contribution in [2.45, 2.75) is 17.7 Å². The molecule has 1 aliphatic rings. The molecule has 0 spiro atoms. The van der Waals surface area contributed by atoms with Gasteiger partial charge in [0.05, 0.1) is 30.9 Å². The number of amides is 1. The minimum absolute atomic E-state index is 0.119. The first-order valence-corrected chi connectivity index (χ1v) is 10.5. The molecule has 0 radical (unpaired) electrons. The van der Waals surface area contributed by atoms with Gasteiger partial charge in [0.2, 0.25) is 15.9 Å². The number of rotatable bonds is 7. The lowest BCUT2D eigenvalue weighted by molar-refractivity contribution is -0.116. The Kier molecular flexibility index (Phi) is 6.66. The molecule has 1 aliphatic heterocycles. The number of hydrogen-bond donors (Lipinski definition) is 1. The van der Waals surface area contributed by atoms with Gasteiger partial charge in [-0.15, -0.1) is 0 Å². The number of nitrogens with one attached hydrogen (secondary N) is 1. The molecule has 2 aromatic carbocycles. The Morgan fingerprint density at radius 3 is 2.54 bits per heavy atom. The first kappa shape index (κ1) is 20.3. The summed E-state index contributed by atoms with van der Waals surface area (Å²) in [5.74, 6) is 0.206. The zero-order chi connectivity index (χ0) is 20.0. The van der Waals surface area contributed by atoms with Crippen molar-refractivity contribution in [1.29, 1.82) is 0 Å². The van der Waals surface area contributed by atoms with Crippen molar-refractivity contribution in [3.63, 3.8) is 0 Å². The van der Waals surface area contributed by atoms with Crippen LogP contribution in [-0.4, -0.2) is 52.0 Å². The molecule has 0 aliphatic carbocycles. The number of carbonyl (C=O) groups excluding carboxylic acids is 1. The minimum atomic E-state index is -3.65. The van der Waals surface area contributed by atoms with Crippen LogP contribution in [0.4, 0.5) is 5.69 Å². The Labute approximate surface area is 165 Å². The SMILES string of the molecule is COc1ccc(S(=O)(=O)N2CCOCC2)cc1NC(=O)CCc1ccccc1. The number of hydrogen-bond acceptors (Lipinski definition) is 5. The van der Waals surface area contributed by atoms with Gasteiger partial charge in [0.15, 0.2) is 0 Å². The van der Waals surface area contributed by atoms with E-state index in [1.165, 1.54) is 23.5 Å². The van der Waals surface area contributed by atoms with Crippen LogP contribution in [0.2, 0.25) is 0 Å². The number of methoxy groups -OCH3 is 1. The highest BCUT2D eigenvalue weighted by atomic mass is 32.2. The summed E-state index contributed by atoms with van der Waals surface area (Å²) in [6.07, 6.45) is 0.883. The molecule has 1 fully saturated rings. The first-order valence-electron chi connectivity index (χ1n) is 9.10. The number of nitrogens with zero attached hydrogens (tertiary/aromatic N) is 1. The molecule has 0 saturated carbocycles. The van der Waals surface area contributed by atoms with Crippen LogP contribution in [0.3, 0.4) is 0 Å². The predicted octanol–water partition coefficient (Wildman–Crippen LogP) is 2.29. The van der Waals surface area contributed by atoms with Crippen molar-refractivity contribution < 1.29 is 22.7 Å². The second kappa shape index (κ2) is 9.18. The lowest BCUT2D eigenvalue weighted by atomic mass is 10.1. The fourth-order valence-corrected chi connectivity index (χ4v) is 4.43. The molecule has 7 nitrogen and oxygen atoms in total. The van der Waals surface area contributed by atoms with Crippen LogP contribution in [0, 0.1) is 0 Å². The summed E-state index contributed by atoms with van der Waals surface area (Å²) in [4.78, 5) is 12.5. The van der Waals surface area contributed by atoms with E-state index in [4.69, 9.17) is 9.47 Å². The smallest absolute Gasteiger partial charge is 0.243 e. The van der Waals surface area contributed by atoms with Crippen LogP contribution < -0.4 is 10.1 Å². The molecule has 2 aromatic rings. The minimum Gasteiger partial charge on any atom is -0.495 e. The summed E-state index contributed by atoms with van der Waals surface area (Å²) >= 11 is 0. The molecule has 1 heterocycles. The van der Waals surface area contributed by atoms with Crippen LogP contribution in [0.25, 0.3) is 0 Å². The fraction of sp³-hybridized carbons (Fsp3) is 0.350. The van der Waals surface area contributed by atoms with Gasteiger partial charge >= 0.3 is 0 Å². The third-order valence-corrected chi connectivity index (χ3v) is 6.43. The van der Waals surface area contributed by atoms with Crippen molar-refractivity contribution in [2.75, 3.05) is 38.7 Å². The van der Waals surface area contributed by atoms with E-state index >= 15 is 0 Å². The van der Waals surface area contributed by atoms with Gasteiger partial charge in [-0.3, -0.25) is 4.79 Å². The Balaban J connectivity index is 1.74. The summed E-state index contributed by atoms with van der Waals surface area (Å²) < 4.78 is 37.6. The number of anilines is 1. The fourth-order valence-electron chi connectivity index (χ4n) is 3.00. The Bertz CT molecular complexity index is 909. The van der Waals surface area contributed by atoms with E-state index < -0.39 is 10.0 Å². The normalized spacial score (nSPS) is 15.2. The first-order chi connectivity index (χ1) is 13.5. The Morgan fingerprint density at radius 2 is 1.86 bits per heavy atom. The third-order valence-electron chi connectivity index (χ3n) is 4.54. The number of sulfonamides is 1. The van der Waals surface area contributed by atoms with E-state index in [2.05, 4.69) is 5.32 Å². The number of aryl methyl sites for hydroxylation is 1. The molecule has 1 saturated heterocycles. The van der Waals surface area contributed by atoms with Gasteiger partial charge in [-0.25, -0.2) is 8.42 Å². The molecular weight excluding hydrogens is 380 g/mol. The molecule has 0 bridgehead atoms. The summed E-state index contributed by atoms with van der Waals surface area (Å²) in [6, 6.07) is 14.2. The largest absolute Gasteiger partial charge is 0.495 e. The highest BCUT2D eigenvalue weighted by Crippen LogP contribution is 2.29. The van der Waals surface area contributed by atoms with Crippen LogP contribution in [0.1, 0.15) is 12.0 Å². The van der Waals surface area contributed by atoms with Gasteiger partial charge in [-0.1, -0.05) is 30.3 Å². The van der Waals surface area contributed by atoms with E-state index in [1.54, 1.807) is 6.07 Å². The van der Waals surface area contributed by atoms with Gasteiger partial charge in [0.25, 0.3) is 0 Å². The second-order valence-corrected chi connectivity index (χ2v) is 8.35. The monoisotopic (exact) mass is 404 g/mol. The maximum Gasteiger partial charge on any atom is 0.243 e. The highest BCUT2D eigenvalue weighted by Gasteiger charge is 2.27. The van der Waals surface area contributed by atoms with Crippen molar-refractivity contribution in [2.24, 2.45) is 0 Å². The van der Waals surface area contributed by atoms with E-state index in [1.807, 2.05) is 30.3 Å². The second-order valence-electron chi connectivity index (χ2n) is 6.41. The third kappa shape index (κ3) is 4.89. The van der Waals surface area contributed by atoms with E-state index in [9.17, 15) is 13.2 Å². The van der Waals surface area contributed by atoms with Crippen molar-refractivity contribution in [1.82, 2.24) is 4.31 Å². The van der Waals surface area contributed by atoms with Crippen molar-refractivity contribution in [3.8, 4) is 5.75 Å². The summed E-state index contributed by atoms with van der Waals surface area (Å²) in [5.41, 5.74) is 1.41. The van der Waals surface area contributed by atoms with E-state index in [0.717, 1.165) is 5.56 Å². The van der Waals surface area contributed by atoms with Crippen LogP contribution in [0.15, 0.2) is 53.4 Å². The molecule has 150 valence electrons. The van der Waals surface area contributed by atoms with Crippen LogP contribution in [-0.2, 0) is 26.0 Å². The number of ether oxygens (including phenoxy) is 2. The predicted molar refractivity (Wildman–Crippen MR) is 106 cm³/mol. The molecule has 0 unspecified atom stereocenters. The maximum absolute atomic E-state index is 12.9. The van der Waals surface area contributed by atoms with Crippen LogP contribution in [0.5, 0.6) is 5.75 Å². The number of carbonyl (C=O) groups is 1. The topological polar surface area (TPSA) is 84.9 Å². The van der Waals surface area contributed by atoms with Gasteiger partial charge in [0, 0.05) is 19.5 Å². The number of morpholine rings is 1. The summed E-state index contributed by atoms with van der Waals surface area (Å²) in [7, 11) is -2.18. The van der Waals surface area contributed by atoms with Crippen molar-refractivity contribution >= 4 is 21.6 Å². The summed E-state index contributed by atoms with van der Waals surface area (Å²) in [5, 5.41) is 2.78. The van der Waals surface area contributed by atoms with Gasteiger partial charge in [-0.05, 0) is 30.2 Å². The molecule has 1 amide bonds. The molecular formula is C20H24N2O5S. The van der Waals surface area contributed by atoms with Gasteiger partial charge in [-0.2, -0.15) is 4.31 Å². The van der Waals surface area contributed by atoms with Crippen LogP contribution >= 0.6 is 0 Å². The van der Waals surface area contributed by atoms with E-state index in [0.29, 0.717) is 44.2 Å².